The molecule has 20 heavy (non-hydrogen) atoms. The summed E-state index contributed by atoms with van der Waals surface area (Å²) in [5.74, 6) is 0. The lowest BCUT2D eigenvalue weighted by atomic mass is 10.0. The predicted molar refractivity (Wildman–Crippen MR) is 91.5 cm³/mol. The first kappa shape index (κ1) is 15.8. The average Bonchev–Trinajstić information content (AvgIpc) is 2.64. The first-order valence-electron chi connectivity index (χ1n) is 7.93. The smallest absolute Gasteiger partial charge is 0.0417 e. The molecule has 1 N–H and O–H groups in total. The van der Waals surface area contributed by atoms with Crippen LogP contribution in [0.2, 0.25) is 0 Å². The van der Waals surface area contributed by atoms with E-state index in [1.807, 2.05) is 0 Å². The van der Waals surface area contributed by atoms with Crippen molar-refractivity contribution in [3.63, 3.8) is 0 Å². The van der Waals surface area contributed by atoms with Crippen molar-refractivity contribution in [3.05, 3.63) is 28.2 Å². The van der Waals surface area contributed by atoms with Gasteiger partial charge in [-0.25, -0.2) is 0 Å². The molecular weight excluding hydrogens is 312 g/mol. The maximum atomic E-state index is 3.62. The summed E-state index contributed by atoms with van der Waals surface area (Å²) >= 11 is 3.62. The molecule has 1 fully saturated rings. The molecule has 1 aromatic carbocycles. The summed E-state index contributed by atoms with van der Waals surface area (Å²) < 4.78 is 1.17. The number of anilines is 1. The number of benzene rings is 1. The van der Waals surface area contributed by atoms with Crippen molar-refractivity contribution < 1.29 is 0 Å². The number of rotatable bonds is 4. The second-order valence-corrected chi connectivity index (χ2v) is 6.79. The molecule has 2 unspecified atom stereocenters. The standard InChI is InChI=1S/C17H27BrN2/c1-4-19-14(3)16-12-15(18)9-10-17(16)20-11-7-5-6-8-13(20)2/h9-10,12-14,19H,4-8,11H2,1-3H3. The van der Waals surface area contributed by atoms with Gasteiger partial charge in [-0.15, -0.1) is 0 Å². The molecule has 3 heteroatoms. The van der Waals surface area contributed by atoms with E-state index in [0.29, 0.717) is 12.1 Å². The second-order valence-electron chi connectivity index (χ2n) is 5.87. The maximum Gasteiger partial charge on any atom is 0.0417 e. The van der Waals surface area contributed by atoms with Crippen molar-refractivity contribution >= 4 is 21.6 Å². The lowest BCUT2D eigenvalue weighted by Crippen LogP contribution is -2.34. The van der Waals surface area contributed by atoms with Gasteiger partial charge in [-0.2, -0.15) is 0 Å². The van der Waals surface area contributed by atoms with Crippen molar-refractivity contribution in [1.82, 2.24) is 5.32 Å². The first-order valence-corrected chi connectivity index (χ1v) is 8.72. The van der Waals surface area contributed by atoms with E-state index >= 15 is 0 Å². The molecule has 2 rings (SSSR count). The fraction of sp³-hybridized carbons (Fsp3) is 0.647. The van der Waals surface area contributed by atoms with Gasteiger partial charge in [-0.1, -0.05) is 35.7 Å². The highest BCUT2D eigenvalue weighted by molar-refractivity contribution is 9.10. The molecule has 2 nitrogen and oxygen atoms in total. The summed E-state index contributed by atoms with van der Waals surface area (Å²) in [6.07, 6.45) is 5.36. The van der Waals surface area contributed by atoms with E-state index < -0.39 is 0 Å². The van der Waals surface area contributed by atoms with Gasteiger partial charge in [0.05, 0.1) is 0 Å². The Morgan fingerprint density at radius 3 is 2.90 bits per heavy atom. The van der Waals surface area contributed by atoms with Crippen molar-refractivity contribution in [2.75, 3.05) is 18.0 Å². The molecule has 0 amide bonds. The zero-order chi connectivity index (χ0) is 14.5. The van der Waals surface area contributed by atoms with Crippen LogP contribution in [-0.4, -0.2) is 19.1 Å². The highest BCUT2D eigenvalue weighted by Gasteiger charge is 2.21. The van der Waals surface area contributed by atoms with Crippen LogP contribution in [0.15, 0.2) is 22.7 Å². The monoisotopic (exact) mass is 338 g/mol. The largest absolute Gasteiger partial charge is 0.369 e. The second kappa shape index (κ2) is 7.46. The van der Waals surface area contributed by atoms with Crippen LogP contribution in [0.4, 0.5) is 5.69 Å². The Morgan fingerprint density at radius 2 is 2.15 bits per heavy atom. The average molecular weight is 339 g/mol. The van der Waals surface area contributed by atoms with E-state index in [9.17, 15) is 0 Å². The number of nitrogens with one attached hydrogen (secondary N) is 1. The van der Waals surface area contributed by atoms with Gasteiger partial charge >= 0.3 is 0 Å². The Labute approximate surface area is 132 Å². The summed E-state index contributed by atoms with van der Waals surface area (Å²) in [6.45, 7) is 8.99. The highest BCUT2D eigenvalue weighted by atomic mass is 79.9. The molecule has 0 spiro atoms. The van der Waals surface area contributed by atoms with Crippen molar-refractivity contribution in [2.45, 2.75) is 58.5 Å². The van der Waals surface area contributed by atoms with Gasteiger partial charge in [0.25, 0.3) is 0 Å². The molecule has 0 radical (unpaired) electrons. The molecule has 1 saturated heterocycles. The van der Waals surface area contributed by atoms with Gasteiger partial charge in [0.1, 0.15) is 0 Å². The van der Waals surface area contributed by atoms with Crippen LogP contribution in [0.3, 0.4) is 0 Å². The third-order valence-corrected chi connectivity index (χ3v) is 4.82. The Hall–Kier alpha value is -0.540. The van der Waals surface area contributed by atoms with Crippen LogP contribution in [0.25, 0.3) is 0 Å². The van der Waals surface area contributed by atoms with Crippen LogP contribution in [0.1, 0.15) is 58.1 Å². The highest BCUT2D eigenvalue weighted by Crippen LogP contribution is 2.33. The van der Waals surface area contributed by atoms with Crippen LogP contribution in [0, 0.1) is 0 Å². The Morgan fingerprint density at radius 1 is 1.35 bits per heavy atom. The minimum atomic E-state index is 0.392. The minimum absolute atomic E-state index is 0.392. The topological polar surface area (TPSA) is 15.3 Å². The lowest BCUT2D eigenvalue weighted by molar-refractivity contribution is 0.582. The van der Waals surface area contributed by atoms with E-state index in [-0.39, 0.29) is 0 Å². The Balaban J connectivity index is 2.33. The number of halogens is 1. The zero-order valence-corrected chi connectivity index (χ0v) is 14.5. The van der Waals surface area contributed by atoms with Crippen molar-refractivity contribution in [1.29, 1.82) is 0 Å². The molecule has 1 heterocycles. The van der Waals surface area contributed by atoms with E-state index in [0.717, 1.165) is 6.54 Å². The fourth-order valence-electron chi connectivity index (χ4n) is 3.18. The zero-order valence-electron chi connectivity index (χ0n) is 13.0. The first-order chi connectivity index (χ1) is 9.63. The summed E-state index contributed by atoms with van der Waals surface area (Å²) in [7, 11) is 0. The summed E-state index contributed by atoms with van der Waals surface area (Å²) in [6, 6.07) is 7.78. The maximum absolute atomic E-state index is 3.62. The van der Waals surface area contributed by atoms with Gasteiger partial charge in [0, 0.05) is 28.8 Å². The summed E-state index contributed by atoms with van der Waals surface area (Å²) in [4.78, 5) is 2.61. The van der Waals surface area contributed by atoms with Crippen molar-refractivity contribution in [3.8, 4) is 0 Å². The molecule has 0 saturated carbocycles. The Bertz CT molecular complexity index is 433. The SMILES string of the molecule is CCNC(C)c1cc(Br)ccc1N1CCCCCC1C. The van der Waals surface area contributed by atoms with E-state index in [2.05, 4.69) is 65.1 Å². The third-order valence-electron chi connectivity index (χ3n) is 4.33. The van der Waals surface area contributed by atoms with E-state index in [4.69, 9.17) is 0 Å². The lowest BCUT2D eigenvalue weighted by Gasteiger charge is -2.33. The summed E-state index contributed by atoms with van der Waals surface area (Å²) in [5, 5.41) is 3.55. The quantitative estimate of drug-likeness (QED) is 0.840. The molecule has 112 valence electrons. The van der Waals surface area contributed by atoms with Crippen molar-refractivity contribution in [2.24, 2.45) is 0 Å². The predicted octanol–water partition coefficient (Wildman–Crippen LogP) is 4.89. The molecule has 0 bridgehead atoms. The summed E-state index contributed by atoms with van der Waals surface area (Å²) in [5.41, 5.74) is 2.83. The van der Waals surface area contributed by atoms with E-state index in [1.165, 1.54) is 48.0 Å². The van der Waals surface area contributed by atoms with Gasteiger partial charge in [0.15, 0.2) is 0 Å². The molecule has 1 aromatic rings. The number of nitrogens with zero attached hydrogens (tertiary/aromatic N) is 1. The van der Waals surface area contributed by atoms with Gasteiger partial charge < -0.3 is 10.2 Å². The van der Waals surface area contributed by atoms with Crippen LogP contribution in [-0.2, 0) is 0 Å². The Kier molecular flexibility index (Phi) is 5.91. The normalized spacial score (nSPS) is 21.6. The molecule has 0 aliphatic carbocycles. The molecule has 0 aromatic heterocycles. The molecule has 2 atom stereocenters. The van der Waals surface area contributed by atoms with Gasteiger partial charge in [0.2, 0.25) is 0 Å². The van der Waals surface area contributed by atoms with Crippen LogP contribution in [0.5, 0.6) is 0 Å². The van der Waals surface area contributed by atoms with E-state index in [1.54, 1.807) is 0 Å². The van der Waals surface area contributed by atoms with Crippen LogP contribution >= 0.6 is 15.9 Å². The van der Waals surface area contributed by atoms with Crippen LogP contribution < -0.4 is 10.2 Å². The van der Waals surface area contributed by atoms with Gasteiger partial charge in [-0.05, 0) is 57.0 Å². The number of hydrogen-bond donors (Lipinski definition) is 1. The molecule has 1 aliphatic rings. The molecule has 1 aliphatic heterocycles. The van der Waals surface area contributed by atoms with Gasteiger partial charge in [-0.3, -0.25) is 0 Å². The number of hydrogen-bond acceptors (Lipinski definition) is 2. The minimum Gasteiger partial charge on any atom is -0.369 e. The third kappa shape index (κ3) is 3.76. The molecular formula is C17H27BrN2. The fourth-order valence-corrected chi connectivity index (χ4v) is 3.56.